The molecule has 2 unspecified atom stereocenters. The van der Waals surface area contributed by atoms with Gasteiger partial charge in [-0.05, 0) is 37.2 Å². The number of hydrogen-bond acceptors (Lipinski definition) is 1. The Morgan fingerprint density at radius 3 is 2.92 bits per heavy atom. The minimum Gasteiger partial charge on any atom is -0.295 e. The molecule has 0 aromatic heterocycles. The normalized spacial score (nSPS) is 34.2. The van der Waals surface area contributed by atoms with Crippen molar-refractivity contribution in [3.05, 3.63) is 11.6 Å². The van der Waals surface area contributed by atoms with Crippen molar-refractivity contribution >= 4 is 5.78 Å². The van der Waals surface area contributed by atoms with E-state index in [9.17, 15) is 4.79 Å². The molecule has 0 amide bonds. The summed E-state index contributed by atoms with van der Waals surface area (Å²) in [7, 11) is 0. The molecule has 0 saturated heterocycles. The van der Waals surface area contributed by atoms with Crippen LogP contribution in [0.25, 0.3) is 0 Å². The van der Waals surface area contributed by atoms with Crippen LogP contribution in [0, 0.1) is 17.8 Å². The molecule has 2 rings (SSSR count). The molecule has 66 valence electrons. The van der Waals surface area contributed by atoms with Gasteiger partial charge in [-0.25, -0.2) is 0 Å². The van der Waals surface area contributed by atoms with Crippen LogP contribution in [0.4, 0.5) is 0 Å². The molecule has 1 saturated carbocycles. The smallest absolute Gasteiger partial charge is 0.159 e. The molecule has 12 heavy (non-hydrogen) atoms. The van der Waals surface area contributed by atoms with Gasteiger partial charge in [-0.3, -0.25) is 4.79 Å². The van der Waals surface area contributed by atoms with Gasteiger partial charge in [-0.15, -0.1) is 0 Å². The first-order valence-electron chi connectivity index (χ1n) is 4.94. The summed E-state index contributed by atoms with van der Waals surface area (Å²) in [5.74, 6) is 1.86. The van der Waals surface area contributed by atoms with Crippen LogP contribution in [-0.2, 0) is 4.79 Å². The molecule has 0 aliphatic heterocycles. The molecule has 2 aliphatic carbocycles. The Morgan fingerprint density at radius 2 is 2.25 bits per heavy atom. The molecule has 0 N–H and O–H groups in total. The molecular formula is C11H16O. The summed E-state index contributed by atoms with van der Waals surface area (Å²) in [6, 6.07) is 0. The molecule has 0 bridgehead atoms. The molecule has 0 radical (unpaired) electrons. The van der Waals surface area contributed by atoms with Gasteiger partial charge >= 0.3 is 0 Å². The Morgan fingerprint density at radius 1 is 1.50 bits per heavy atom. The molecule has 2 aliphatic rings. The Labute approximate surface area is 73.8 Å². The Kier molecular flexibility index (Phi) is 1.82. The van der Waals surface area contributed by atoms with Gasteiger partial charge in [0.1, 0.15) is 0 Å². The zero-order chi connectivity index (χ0) is 8.72. The zero-order valence-electron chi connectivity index (χ0n) is 7.84. The third kappa shape index (κ3) is 1.03. The van der Waals surface area contributed by atoms with E-state index >= 15 is 0 Å². The number of ketones is 1. The number of fused-ring (bicyclic) bond motifs is 1. The van der Waals surface area contributed by atoms with Crippen LogP contribution in [0.2, 0.25) is 0 Å². The van der Waals surface area contributed by atoms with Crippen LogP contribution in [0.1, 0.15) is 33.1 Å². The highest BCUT2D eigenvalue weighted by molar-refractivity contribution is 5.96. The Balaban J connectivity index is 2.23. The van der Waals surface area contributed by atoms with Gasteiger partial charge in [0, 0.05) is 5.92 Å². The molecule has 0 spiro atoms. The molecule has 0 heterocycles. The number of rotatable bonds is 1. The largest absolute Gasteiger partial charge is 0.295 e. The molecular weight excluding hydrogens is 148 g/mol. The first-order chi connectivity index (χ1) is 5.70. The van der Waals surface area contributed by atoms with Gasteiger partial charge in [-0.1, -0.05) is 19.4 Å². The fraction of sp³-hybridized carbons (Fsp3) is 0.727. The highest BCUT2D eigenvalue weighted by atomic mass is 16.1. The van der Waals surface area contributed by atoms with Crippen molar-refractivity contribution in [3.63, 3.8) is 0 Å². The fourth-order valence-corrected chi connectivity index (χ4v) is 2.76. The number of carbonyl (C=O) groups is 1. The van der Waals surface area contributed by atoms with Gasteiger partial charge in [-0.2, -0.15) is 0 Å². The summed E-state index contributed by atoms with van der Waals surface area (Å²) < 4.78 is 0. The molecule has 0 aromatic rings. The van der Waals surface area contributed by atoms with Crippen molar-refractivity contribution < 1.29 is 4.79 Å². The van der Waals surface area contributed by atoms with Crippen molar-refractivity contribution in [1.82, 2.24) is 0 Å². The van der Waals surface area contributed by atoms with Gasteiger partial charge < -0.3 is 0 Å². The minimum absolute atomic E-state index is 0.322. The van der Waals surface area contributed by atoms with E-state index in [4.69, 9.17) is 0 Å². The quantitative estimate of drug-likeness (QED) is 0.582. The van der Waals surface area contributed by atoms with Gasteiger partial charge in [0.05, 0.1) is 0 Å². The summed E-state index contributed by atoms with van der Waals surface area (Å²) in [4.78, 5) is 11.6. The highest BCUT2D eigenvalue weighted by Gasteiger charge is 2.39. The van der Waals surface area contributed by atoms with E-state index in [1.807, 2.05) is 6.08 Å². The number of hydrogen-bond donors (Lipinski definition) is 0. The highest BCUT2D eigenvalue weighted by Crippen LogP contribution is 2.44. The van der Waals surface area contributed by atoms with Crippen LogP contribution >= 0.6 is 0 Å². The lowest BCUT2D eigenvalue weighted by atomic mass is 9.83. The van der Waals surface area contributed by atoms with E-state index in [1.165, 1.54) is 24.8 Å². The van der Waals surface area contributed by atoms with Gasteiger partial charge in [0.15, 0.2) is 5.78 Å². The SMILES string of the molecule is CC(C)C1C(=O)C=C2CCCC21. The van der Waals surface area contributed by atoms with Crippen molar-refractivity contribution in [1.29, 1.82) is 0 Å². The maximum absolute atomic E-state index is 11.6. The van der Waals surface area contributed by atoms with Crippen molar-refractivity contribution in [2.45, 2.75) is 33.1 Å². The summed E-state index contributed by atoms with van der Waals surface area (Å²) in [5.41, 5.74) is 1.44. The molecule has 1 fully saturated rings. The van der Waals surface area contributed by atoms with Crippen LogP contribution in [0.15, 0.2) is 11.6 Å². The lowest BCUT2D eigenvalue weighted by Gasteiger charge is -2.19. The van der Waals surface area contributed by atoms with E-state index in [0.717, 1.165) is 0 Å². The topological polar surface area (TPSA) is 17.1 Å². The molecule has 1 nitrogen and oxygen atoms in total. The average Bonchev–Trinajstić information content (AvgIpc) is 2.44. The second kappa shape index (κ2) is 2.72. The monoisotopic (exact) mass is 164 g/mol. The van der Waals surface area contributed by atoms with E-state index in [0.29, 0.717) is 23.5 Å². The minimum atomic E-state index is 0.322. The Hall–Kier alpha value is -0.590. The lowest BCUT2D eigenvalue weighted by molar-refractivity contribution is -0.119. The van der Waals surface area contributed by atoms with Gasteiger partial charge in [0.2, 0.25) is 0 Å². The fourth-order valence-electron chi connectivity index (χ4n) is 2.76. The van der Waals surface area contributed by atoms with Crippen molar-refractivity contribution in [2.75, 3.05) is 0 Å². The van der Waals surface area contributed by atoms with E-state index in [2.05, 4.69) is 13.8 Å². The van der Waals surface area contributed by atoms with E-state index in [-0.39, 0.29) is 0 Å². The second-order valence-corrected chi connectivity index (χ2v) is 4.39. The predicted octanol–water partition coefficient (Wildman–Crippen LogP) is 2.57. The van der Waals surface area contributed by atoms with E-state index in [1.54, 1.807) is 0 Å². The van der Waals surface area contributed by atoms with Crippen LogP contribution in [0.5, 0.6) is 0 Å². The summed E-state index contributed by atoms with van der Waals surface area (Å²) in [5, 5.41) is 0. The first-order valence-corrected chi connectivity index (χ1v) is 4.94. The first kappa shape index (κ1) is 8.03. The summed E-state index contributed by atoms with van der Waals surface area (Å²) in [6.07, 6.45) is 5.65. The second-order valence-electron chi connectivity index (χ2n) is 4.39. The Bertz CT molecular complexity index is 237. The number of allylic oxidation sites excluding steroid dienone is 2. The molecule has 1 heteroatoms. The average molecular weight is 164 g/mol. The maximum Gasteiger partial charge on any atom is 0.159 e. The summed E-state index contributed by atoms with van der Waals surface area (Å²) >= 11 is 0. The standard InChI is InChI=1S/C11H16O/c1-7(2)11-9-5-3-4-8(9)6-10(11)12/h6-7,9,11H,3-5H2,1-2H3. The summed E-state index contributed by atoms with van der Waals surface area (Å²) in [6.45, 7) is 4.33. The van der Waals surface area contributed by atoms with E-state index < -0.39 is 0 Å². The van der Waals surface area contributed by atoms with Crippen LogP contribution in [-0.4, -0.2) is 5.78 Å². The zero-order valence-corrected chi connectivity index (χ0v) is 7.84. The molecule has 0 aromatic carbocycles. The maximum atomic E-state index is 11.6. The van der Waals surface area contributed by atoms with Crippen LogP contribution < -0.4 is 0 Å². The third-order valence-corrected chi connectivity index (χ3v) is 3.26. The van der Waals surface area contributed by atoms with Crippen molar-refractivity contribution in [3.8, 4) is 0 Å². The van der Waals surface area contributed by atoms with Crippen molar-refractivity contribution in [2.24, 2.45) is 17.8 Å². The third-order valence-electron chi connectivity index (χ3n) is 3.26. The predicted molar refractivity (Wildman–Crippen MR) is 48.8 cm³/mol. The molecule has 2 atom stereocenters. The van der Waals surface area contributed by atoms with Gasteiger partial charge in [0.25, 0.3) is 0 Å². The van der Waals surface area contributed by atoms with Crippen LogP contribution in [0.3, 0.4) is 0 Å². The lowest BCUT2D eigenvalue weighted by Crippen LogP contribution is -2.21. The number of carbonyl (C=O) groups excluding carboxylic acids is 1.